The van der Waals surface area contributed by atoms with E-state index >= 15 is 0 Å². The lowest BCUT2D eigenvalue weighted by atomic mass is 10.3. The number of nitrogens with zero attached hydrogens (tertiary/aromatic N) is 2. The number of rotatable bonds is 2. The summed E-state index contributed by atoms with van der Waals surface area (Å²) in [4.78, 5) is 18.9. The van der Waals surface area contributed by atoms with Gasteiger partial charge in [-0.1, -0.05) is 0 Å². The highest BCUT2D eigenvalue weighted by molar-refractivity contribution is 7.98. The van der Waals surface area contributed by atoms with Gasteiger partial charge in [-0.15, -0.1) is 11.8 Å². The van der Waals surface area contributed by atoms with Crippen molar-refractivity contribution in [3.8, 4) is 0 Å². The van der Waals surface area contributed by atoms with E-state index in [9.17, 15) is 4.79 Å². The first kappa shape index (κ1) is 8.99. The molecular formula is C7H9N3OS. The second-order valence-electron chi connectivity index (χ2n) is 2.02. The van der Waals surface area contributed by atoms with Crippen LogP contribution in [0.1, 0.15) is 10.4 Å². The highest BCUT2D eigenvalue weighted by atomic mass is 32.2. The molecular weight excluding hydrogens is 174 g/mol. The molecule has 0 aliphatic rings. The molecule has 1 heterocycles. The van der Waals surface area contributed by atoms with Crippen molar-refractivity contribution in [3.05, 3.63) is 18.1 Å². The number of amides is 1. The van der Waals surface area contributed by atoms with Crippen molar-refractivity contribution >= 4 is 17.7 Å². The van der Waals surface area contributed by atoms with E-state index in [-0.39, 0.29) is 5.91 Å². The average Bonchev–Trinajstić information content (AvgIpc) is 2.16. The molecule has 0 saturated carbocycles. The van der Waals surface area contributed by atoms with Crippen LogP contribution in [-0.2, 0) is 0 Å². The molecule has 0 saturated heterocycles. The van der Waals surface area contributed by atoms with Crippen LogP contribution in [0.2, 0.25) is 0 Å². The number of nitrogens with one attached hydrogen (secondary N) is 1. The van der Waals surface area contributed by atoms with E-state index in [1.54, 1.807) is 7.05 Å². The minimum Gasteiger partial charge on any atom is -0.355 e. The predicted molar refractivity (Wildman–Crippen MR) is 47.2 cm³/mol. The second kappa shape index (κ2) is 4.06. The summed E-state index contributed by atoms with van der Waals surface area (Å²) in [6.07, 6.45) is 4.81. The Kier molecular flexibility index (Phi) is 3.04. The molecule has 0 spiro atoms. The molecule has 1 aromatic heterocycles. The Balaban J connectivity index is 3.04. The van der Waals surface area contributed by atoms with E-state index in [2.05, 4.69) is 15.3 Å². The molecule has 0 bridgehead atoms. The fourth-order valence-electron chi connectivity index (χ4n) is 0.771. The Morgan fingerprint density at radius 1 is 1.67 bits per heavy atom. The van der Waals surface area contributed by atoms with Gasteiger partial charge in [0.2, 0.25) is 0 Å². The van der Waals surface area contributed by atoms with Crippen molar-refractivity contribution in [2.75, 3.05) is 13.3 Å². The number of hydrogen-bond acceptors (Lipinski definition) is 4. The summed E-state index contributed by atoms with van der Waals surface area (Å²) in [5.41, 5.74) is 0.521. The predicted octanol–water partition coefficient (Wildman–Crippen LogP) is 0.558. The summed E-state index contributed by atoms with van der Waals surface area (Å²) in [6.45, 7) is 0. The number of carbonyl (C=O) groups is 1. The Morgan fingerprint density at radius 3 is 3.00 bits per heavy atom. The first-order valence-electron chi connectivity index (χ1n) is 3.35. The molecule has 0 radical (unpaired) electrons. The van der Waals surface area contributed by atoms with E-state index in [0.29, 0.717) is 10.6 Å². The SMILES string of the molecule is CNC(=O)c1cncnc1SC. The lowest BCUT2D eigenvalue weighted by Gasteiger charge is -2.02. The quantitative estimate of drug-likeness (QED) is 0.537. The van der Waals surface area contributed by atoms with Gasteiger partial charge in [0.25, 0.3) is 5.91 Å². The highest BCUT2D eigenvalue weighted by Gasteiger charge is 2.09. The van der Waals surface area contributed by atoms with Gasteiger partial charge >= 0.3 is 0 Å². The molecule has 64 valence electrons. The van der Waals surface area contributed by atoms with Gasteiger partial charge in [-0.2, -0.15) is 0 Å². The molecule has 1 amide bonds. The lowest BCUT2D eigenvalue weighted by Crippen LogP contribution is -2.19. The minimum absolute atomic E-state index is 0.153. The van der Waals surface area contributed by atoms with Crippen LogP contribution in [0.5, 0.6) is 0 Å². The zero-order valence-corrected chi connectivity index (χ0v) is 7.68. The molecule has 5 heteroatoms. The Morgan fingerprint density at radius 2 is 2.42 bits per heavy atom. The summed E-state index contributed by atoms with van der Waals surface area (Å²) in [5.74, 6) is -0.153. The van der Waals surface area contributed by atoms with Gasteiger partial charge in [0.1, 0.15) is 11.4 Å². The van der Waals surface area contributed by atoms with Crippen LogP contribution < -0.4 is 5.32 Å². The fourth-order valence-corrected chi connectivity index (χ4v) is 1.29. The molecule has 0 fully saturated rings. The van der Waals surface area contributed by atoms with Gasteiger partial charge in [0.05, 0.1) is 5.56 Å². The van der Waals surface area contributed by atoms with E-state index in [1.807, 2.05) is 6.26 Å². The van der Waals surface area contributed by atoms with Crippen LogP contribution >= 0.6 is 11.8 Å². The maximum absolute atomic E-state index is 11.2. The molecule has 0 aliphatic carbocycles. The summed E-state index contributed by atoms with van der Waals surface area (Å²) >= 11 is 1.43. The van der Waals surface area contributed by atoms with Crippen LogP contribution in [0.4, 0.5) is 0 Å². The van der Waals surface area contributed by atoms with Crippen molar-refractivity contribution < 1.29 is 4.79 Å². The molecule has 1 aromatic rings. The van der Waals surface area contributed by atoms with E-state index in [4.69, 9.17) is 0 Å². The van der Waals surface area contributed by atoms with Crippen LogP contribution in [0.15, 0.2) is 17.6 Å². The van der Waals surface area contributed by atoms with E-state index in [1.165, 1.54) is 24.3 Å². The van der Waals surface area contributed by atoms with Crippen molar-refractivity contribution in [2.24, 2.45) is 0 Å². The van der Waals surface area contributed by atoms with Crippen molar-refractivity contribution in [2.45, 2.75) is 5.03 Å². The van der Waals surface area contributed by atoms with Crippen molar-refractivity contribution in [1.82, 2.24) is 15.3 Å². The minimum atomic E-state index is -0.153. The van der Waals surface area contributed by atoms with Gasteiger partial charge < -0.3 is 5.32 Å². The normalized spacial score (nSPS) is 9.50. The standard InChI is InChI=1S/C7H9N3OS/c1-8-6(11)5-3-9-4-10-7(5)12-2/h3-4H,1-2H3,(H,8,11). The number of aromatic nitrogens is 2. The maximum Gasteiger partial charge on any atom is 0.255 e. The van der Waals surface area contributed by atoms with Crippen LogP contribution in [0.25, 0.3) is 0 Å². The third-order valence-corrected chi connectivity index (χ3v) is 2.05. The fraction of sp³-hybridized carbons (Fsp3) is 0.286. The lowest BCUT2D eigenvalue weighted by molar-refractivity contribution is 0.0959. The second-order valence-corrected chi connectivity index (χ2v) is 2.82. The number of thioether (sulfide) groups is 1. The van der Waals surface area contributed by atoms with Crippen LogP contribution in [0, 0.1) is 0 Å². The molecule has 0 aliphatic heterocycles. The molecule has 1 N–H and O–H groups in total. The van der Waals surface area contributed by atoms with Gasteiger partial charge in [0.15, 0.2) is 0 Å². The molecule has 0 atom stereocenters. The summed E-state index contributed by atoms with van der Waals surface area (Å²) in [7, 11) is 1.58. The zero-order chi connectivity index (χ0) is 8.97. The summed E-state index contributed by atoms with van der Waals surface area (Å²) < 4.78 is 0. The Hall–Kier alpha value is -1.10. The van der Waals surface area contributed by atoms with Gasteiger partial charge in [-0.25, -0.2) is 9.97 Å². The van der Waals surface area contributed by atoms with Crippen molar-refractivity contribution in [3.63, 3.8) is 0 Å². The molecule has 4 nitrogen and oxygen atoms in total. The Bertz CT molecular complexity index is 290. The first-order chi connectivity index (χ1) is 5.79. The van der Waals surface area contributed by atoms with Crippen LogP contribution in [-0.4, -0.2) is 29.2 Å². The highest BCUT2D eigenvalue weighted by Crippen LogP contribution is 2.14. The monoisotopic (exact) mass is 183 g/mol. The van der Waals surface area contributed by atoms with Gasteiger partial charge in [-0.3, -0.25) is 4.79 Å². The Labute approximate surface area is 74.8 Å². The van der Waals surface area contributed by atoms with E-state index < -0.39 is 0 Å². The number of carbonyl (C=O) groups excluding carboxylic acids is 1. The maximum atomic E-state index is 11.2. The summed E-state index contributed by atoms with van der Waals surface area (Å²) in [6, 6.07) is 0. The molecule has 1 rings (SSSR count). The zero-order valence-electron chi connectivity index (χ0n) is 6.87. The van der Waals surface area contributed by atoms with Gasteiger partial charge in [-0.05, 0) is 6.26 Å². The van der Waals surface area contributed by atoms with Gasteiger partial charge in [0, 0.05) is 13.2 Å². The molecule has 0 unspecified atom stereocenters. The molecule has 0 aromatic carbocycles. The largest absolute Gasteiger partial charge is 0.355 e. The van der Waals surface area contributed by atoms with Crippen LogP contribution in [0.3, 0.4) is 0 Å². The smallest absolute Gasteiger partial charge is 0.255 e. The topological polar surface area (TPSA) is 54.9 Å². The average molecular weight is 183 g/mol. The van der Waals surface area contributed by atoms with E-state index in [0.717, 1.165) is 0 Å². The number of hydrogen-bond donors (Lipinski definition) is 1. The third-order valence-electron chi connectivity index (χ3n) is 1.34. The summed E-state index contributed by atoms with van der Waals surface area (Å²) in [5, 5.41) is 3.22. The molecule has 12 heavy (non-hydrogen) atoms. The first-order valence-corrected chi connectivity index (χ1v) is 4.58. The van der Waals surface area contributed by atoms with Crippen molar-refractivity contribution in [1.29, 1.82) is 0 Å². The third kappa shape index (κ3) is 1.73.